The summed E-state index contributed by atoms with van der Waals surface area (Å²) < 4.78 is 52.2. The molecule has 0 radical (unpaired) electrons. The van der Waals surface area contributed by atoms with Crippen LogP contribution in [-0.4, -0.2) is 12.7 Å². The van der Waals surface area contributed by atoms with E-state index in [2.05, 4.69) is 5.32 Å². The van der Waals surface area contributed by atoms with Crippen LogP contribution in [0, 0.1) is 5.82 Å². The molecule has 0 aromatic heterocycles. The number of rotatable bonds is 5. The summed E-state index contributed by atoms with van der Waals surface area (Å²) in [6, 6.07) is 11.8. The highest BCUT2D eigenvalue weighted by Crippen LogP contribution is 2.32. The molecule has 1 N–H and O–H groups in total. The third-order valence-electron chi connectivity index (χ3n) is 3.11. The van der Waals surface area contributed by atoms with Crippen molar-refractivity contribution in [1.29, 1.82) is 0 Å². The average molecular weight is 297 g/mol. The minimum absolute atomic E-state index is 0.114. The molecule has 1 atom stereocenters. The second-order valence-corrected chi connectivity index (χ2v) is 4.72. The van der Waals surface area contributed by atoms with Crippen LogP contribution in [0.3, 0.4) is 0 Å². The van der Waals surface area contributed by atoms with Gasteiger partial charge in [0.25, 0.3) is 0 Å². The average Bonchev–Trinajstić information content (AvgIpc) is 2.43. The predicted molar refractivity (Wildman–Crippen MR) is 73.3 cm³/mol. The van der Waals surface area contributed by atoms with Crippen LogP contribution in [0.1, 0.15) is 17.2 Å². The standard InChI is InChI=1S/C16H15F4N/c17-14-8-4-5-12(11-14)9-10-21-15(16(18,19)20)13-6-2-1-3-7-13/h1-8,11,15,21H,9-10H2. The Bertz CT molecular complexity index is 566. The lowest BCUT2D eigenvalue weighted by atomic mass is 10.1. The Balaban J connectivity index is 2.00. The molecule has 1 unspecified atom stereocenters. The van der Waals surface area contributed by atoms with Crippen molar-refractivity contribution < 1.29 is 17.6 Å². The molecule has 2 rings (SSSR count). The first-order valence-corrected chi connectivity index (χ1v) is 6.56. The molecule has 0 saturated heterocycles. The fourth-order valence-electron chi connectivity index (χ4n) is 2.12. The van der Waals surface area contributed by atoms with Gasteiger partial charge < -0.3 is 5.32 Å². The quantitative estimate of drug-likeness (QED) is 0.813. The first-order chi connectivity index (χ1) is 9.97. The topological polar surface area (TPSA) is 12.0 Å². The summed E-state index contributed by atoms with van der Waals surface area (Å²) in [5.41, 5.74) is 0.834. The Morgan fingerprint density at radius 2 is 1.67 bits per heavy atom. The summed E-state index contributed by atoms with van der Waals surface area (Å²) in [6.07, 6.45) is -4.04. The highest BCUT2D eigenvalue weighted by Gasteiger charge is 2.40. The van der Waals surface area contributed by atoms with E-state index in [4.69, 9.17) is 0 Å². The van der Waals surface area contributed by atoms with Gasteiger partial charge in [-0.1, -0.05) is 42.5 Å². The van der Waals surface area contributed by atoms with Gasteiger partial charge in [-0.05, 0) is 29.7 Å². The zero-order valence-electron chi connectivity index (χ0n) is 11.2. The van der Waals surface area contributed by atoms with Crippen LogP contribution in [0.25, 0.3) is 0 Å². The van der Waals surface area contributed by atoms with E-state index in [1.165, 1.54) is 24.3 Å². The van der Waals surface area contributed by atoms with Gasteiger partial charge in [-0.2, -0.15) is 13.2 Å². The van der Waals surface area contributed by atoms with E-state index >= 15 is 0 Å². The van der Waals surface area contributed by atoms with E-state index in [0.29, 0.717) is 12.0 Å². The van der Waals surface area contributed by atoms with Crippen molar-refractivity contribution in [2.45, 2.75) is 18.6 Å². The summed E-state index contributed by atoms with van der Waals surface area (Å²) >= 11 is 0. The molecule has 0 fully saturated rings. The molecule has 0 spiro atoms. The predicted octanol–water partition coefficient (Wildman–Crippen LogP) is 4.26. The Morgan fingerprint density at radius 3 is 2.29 bits per heavy atom. The molecule has 2 aromatic rings. The van der Waals surface area contributed by atoms with Crippen molar-refractivity contribution in [1.82, 2.24) is 5.32 Å². The third kappa shape index (κ3) is 4.56. The van der Waals surface area contributed by atoms with Crippen molar-refractivity contribution >= 4 is 0 Å². The summed E-state index contributed by atoms with van der Waals surface area (Å²) in [5.74, 6) is -0.386. The zero-order valence-corrected chi connectivity index (χ0v) is 11.2. The zero-order chi connectivity index (χ0) is 15.3. The Hall–Kier alpha value is -1.88. The molecule has 0 saturated carbocycles. The maximum Gasteiger partial charge on any atom is 0.407 e. The van der Waals surface area contributed by atoms with Crippen molar-refractivity contribution in [2.24, 2.45) is 0 Å². The smallest absolute Gasteiger partial charge is 0.302 e. The molecular formula is C16H15F4N. The van der Waals surface area contributed by atoms with Gasteiger partial charge in [-0.25, -0.2) is 4.39 Å². The lowest BCUT2D eigenvalue weighted by Crippen LogP contribution is -2.35. The lowest BCUT2D eigenvalue weighted by molar-refractivity contribution is -0.157. The van der Waals surface area contributed by atoms with Crippen molar-refractivity contribution in [2.75, 3.05) is 6.54 Å². The van der Waals surface area contributed by atoms with E-state index < -0.39 is 12.2 Å². The molecule has 0 aliphatic carbocycles. The van der Waals surface area contributed by atoms with Gasteiger partial charge in [0.15, 0.2) is 0 Å². The minimum atomic E-state index is -4.37. The fourth-order valence-corrected chi connectivity index (χ4v) is 2.12. The molecule has 112 valence electrons. The number of hydrogen-bond acceptors (Lipinski definition) is 1. The maximum absolute atomic E-state index is 13.1. The monoisotopic (exact) mass is 297 g/mol. The number of benzene rings is 2. The van der Waals surface area contributed by atoms with Crippen molar-refractivity contribution in [3.8, 4) is 0 Å². The lowest BCUT2D eigenvalue weighted by Gasteiger charge is -2.22. The van der Waals surface area contributed by atoms with E-state index in [1.807, 2.05) is 0 Å². The first-order valence-electron chi connectivity index (χ1n) is 6.56. The number of nitrogens with one attached hydrogen (secondary N) is 1. The summed E-state index contributed by atoms with van der Waals surface area (Å²) in [5, 5.41) is 2.50. The van der Waals surface area contributed by atoms with Crippen LogP contribution in [0.15, 0.2) is 54.6 Å². The molecular weight excluding hydrogens is 282 g/mol. The first kappa shape index (κ1) is 15.5. The molecule has 0 amide bonds. The number of hydrogen-bond donors (Lipinski definition) is 1. The third-order valence-corrected chi connectivity index (χ3v) is 3.11. The van der Waals surface area contributed by atoms with Gasteiger partial charge in [-0.3, -0.25) is 0 Å². The molecule has 0 aliphatic heterocycles. The van der Waals surface area contributed by atoms with Crippen LogP contribution >= 0.6 is 0 Å². The maximum atomic E-state index is 13.1. The molecule has 0 aliphatic rings. The van der Waals surface area contributed by atoms with Gasteiger partial charge in [-0.15, -0.1) is 0 Å². The largest absolute Gasteiger partial charge is 0.407 e. The van der Waals surface area contributed by atoms with Crippen LogP contribution in [-0.2, 0) is 6.42 Å². The number of halogens is 4. The van der Waals surface area contributed by atoms with Crippen LogP contribution < -0.4 is 5.32 Å². The van der Waals surface area contributed by atoms with E-state index in [9.17, 15) is 17.6 Å². The van der Waals surface area contributed by atoms with E-state index in [1.54, 1.807) is 30.3 Å². The highest BCUT2D eigenvalue weighted by molar-refractivity contribution is 5.21. The highest BCUT2D eigenvalue weighted by atomic mass is 19.4. The molecule has 21 heavy (non-hydrogen) atoms. The molecule has 2 aromatic carbocycles. The molecule has 5 heteroatoms. The van der Waals surface area contributed by atoms with Gasteiger partial charge in [0.2, 0.25) is 0 Å². The van der Waals surface area contributed by atoms with Gasteiger partial charge in [0.1, 0.15) is 11.9 Å². The van der Waals surface area contributed by atoms with Gasteiger partial charge in [0.05, 0.1) is 0 Å². The van der Waals surface area contributed by atoms with Crippen LogP contribution in [0.4, 0.5) is 17.6 Å². The Morgan fingerprint density at radius 1 is 0.952 bits per heavy atom. The van der Waals surface area contributed by atoms with Gasteiger partial charge in [0, 0.05) is 6.54 Å². The second-order valence-electron chi connectivity index (χ2n) is 4.72. The van der Waals surface area contributed by atoms with Gasteiger partial charge >= 0.3 is 6.18 Å². The van der Waals surface area contributed by atoms with Crippen LogP contribution in [0.2, 0.25) is 0 Å². The molecule has 0 bridgehead atoms. The minimum Gasteiger partial charge on any atom is -0.302 e. The van der Waals surface area contributed by atoms with Crippen LogP contribution in [0.5, 0.6) is 0 Å². The summed E-state index contributed by atoms with van der Waals surface area (Å²) in [7, 11) is 0. The number of alkyl halides is 3. The van der Waals surface area contributed by atoms with Crippen molar-refractivity contribution in [3.05, 3.63) is 71.5 Å². The summed E-state index contributed by atoms with van der Waals surface area (Å²) in [4.78, 5) is 0. The fraction of sp³-hybridized carbons (Fsp3) is 0.250. The van der Waals surface area contributed by atoms with Crippen molar-refractivity contribution in [3.63, 3.8) is 0 Å². The normalized spacial score (nSPS) is 13.1. The SMILES string of the molecule is Fc1cccc(CCNC(c2ccccc2)C(F)(F)F)c1. The van der Waals surface area contributed by atoms with E-state index in [-0.39, 0.29) is 17.9 Å². The Kier molecular flexibility index (Phi) is 4.96. The molecule has 1 nitrogen and oxygen atoms in total. The summed E-state index contributed by atoms with van der Waals surface area (Å²) in [6.45, 7) is 0.114. The Labute approximate surface area is 120 Å². The molecule has 0 heterocycles. The second kappa shape index (κ2) is 6.72. The van der Waals surface area contributed by atoms with E-state index in [0.717, 1.165) is 0 Å².